The summed E-state index contributed by atoms with van der Waals surface area (Å²) in [7, 11) is 3.53. The number of ether oxygens (including phenoxy) is 2. The van der Waals surface area contributed by atoms with Gasteiger partial charge in [-0.3, -0.25) is 4.68 Å². The molecule has 6 nitrogen and oxygen atoms in total. The maximum atomic E-state index is 5.84. The molecule has 1 heterocycles. The molecule has 114 valence electrons. The van der Waals surface area contributed by atoms with Crippen molar-refractivity contribution in [2.75, 3.05) is 20.3 Å². The van der Waals surface area contributed by atoms with Crippen LogP contribution in [0.4, 0.5) is 0 Å². The van der Waals surface area contributed by atoms with Crippen LogP contribution in [0.15, 0.2) is 28.9 Å². The van der Waals surface area contributed by atoms with Gasteiger partial charge in [-0.15, -0.1) is 5.10 Å². The number of benzene rings is 1. The summed E-state index contributed by atoms with van der Waals surface area (Å²) in [6.07, 6.45) is 1.84. The SMILES string of the molecule is COCCNCc1cc(Br)ccc1OCc1cn(C)nn1. The van der Waals surface area contributed by atoms with E-state index >= 15 is 0 Å². The summed E-state index contributed by atoms with van der Waals surface area (Å²) in [4.78, 5) is 0. The number of hydrogen-bond acceptors (Lipinski definition) is 5. The van der Waals surface area contributed by atoms with Crippen molar-refractivity contribution in [1.29, 1.82) is 0 Å². The normalized spacial score (nSPS) is 10.8. The smallest absolute Gasteiger partial charge is 0.134 e. The van der Waals surface area contributed by atoms with Crippen molar-refractivity contribution in [3.63, 3.8) is 0 Å². The van der Waals surface area contributed by atoms with Crippen LogP contribution < -0.4 is 10.1 Å². The maximum absolute atomic E-state index is 5.84. The molecule has 1 aromatic heterocycles. The summed E-state index contributed by atoms with van der Waals surface area (Å²) in [5.41, 5.74) is 1.89. The second kappa shape index (κ2) is 8.11. The molecule has 0 atom stereocenters. The summed E-state index contributed by atoms with van der Waals surface area (Å²) >= 11 is 3.48. The fourth-order valence-electron chi connectivity index (χ4n) is 1.84. The molecule has 0 spiro atoms. The zero-order valence-corrected chi connectivity index (χ0v) is 13.8. The van der Waals surface area contributed by atoms with Gasteiger partial charge in [-0.25, -0.2) is 0 Å². The van der Waals surface area contributed by atoms with Crippen LogP contribution in [0.1, 0.15) is 11.3 Å². The Hall–Kier alpha value is -1.44. The average Bonchev–Trinajstić information content (AvgIpc) is 2.88. The van der Waals surface area contributed by atoms with E-state index in [4.69, 9.17) is 9.47 Å². The number of aromatic nitrogens is 3. The Morgan fingerprint density at radius 1 is 1.38 bits per heavy atom. The first-order chi connectivity index (χ1) is 10.2. The van der Waals surface area contributed by atoms with Gasteiger partial charge in [0.05, 0.1) is 12.8 Å². The van der Waals surface area contributed by atoms with Gasteiger partial charge in [0.15, 0.2) is 0 Å². The Bertz CT molecular complexity index is 574. The fourth-order valence-corrected chi connectivity index (χ4v) is 2.25. The van der Waals surface area contributed by atoms with Crippen LogP contribution in [-0.4, -0.2) is 35.3 Å². The Labute approximate surface area is 132 Å². The highest BCUT2D eigenvalue weighted by atomic mass is 79.9. The highest BCUT2D eigenvalue weighted by Crippen LogP contribution is 2.23. The van der Waals surface area contributed by atoms with E-state index in [9.17, 15) is 0 Å². The van der Waals surface area contributed by atoms with Crippen LogP contribution in [0.25, 0.3) is 0 Å². The van der Waals surface area contributed by atoms with Crippen LogP contribution in [0.3, 0.4) is 0 Å². The molecule has 1 N–H and O–H groups in total. The number of hydrogen-bond donors (Lipinski definition) is 1. The van der Waals surface area contributed by atoms with Crippen molar-refractivity contribution < 1.29 is 9.47 Å². The predicted molar refractivity (Wildman–Crippen MR) is 83.1 cm³/mol. The summed E-state index contributed by atoms with van der Waals surface area (Å²) in [5, 5.41) is 11.2. The van der Waals surface area contributed by atoms with E-state index in [-0.39, 0.29) is 0 Å². The zero-order chi connectivity index (χ0) is 15.1. The van der Waals surface area contributed by atoms with Crippen LogP contribution >= 0.6 is 15.9 Å². The molecule has 0 unspecified atom stereocenters. The van der Waals surface area contributed by atoms with Crippen molar-refractivity contribution in [3.8, 4) is 5.75 Å². The highest BCUT2D eigenvalue weighted by Gasteiger charge is 2.06. The quantitative estimate of drug-likeness (QED) is 0.733. The molecular weight excluding hydrogens is 336 g/mol. The summed E-state index contributed by atoms with van der Waals surface area (Å²) in [6.45, 7) is 2.61. The minimum atomic E-state index is 0.403. The predicted octanol–water partition coefficient (Wildman–Crippen LogP) is 1.89. The van der Waals surface area contributed by atoms with Gasteiger partial charge in [-0.2, -0.15) is 0 Å². The van der Waals surface area contributed by atoms with Gasteiger partial charge >= 0.3 is 0 Å². The van der Waals surface area contributed by atoms with Gasteiger partial charge in [0.25, 0.3) is 0 Å². The first-order valence-electron chi connectivity index (χ1n) is 6.65. The molecule has 2 aromatic rings. The third kappa shape index (κ3) is 5.11. The van der Waals surface area contributed by atoms with E-state index in [1.165, 1.54) is 0 Å². The summed E-state index contributed by atoms with van der Waals surface area (Å²) in [6, 6.07) is 5.96. The lowest BCUT2D eigenvalue weighted by Gasteiger charge is -2.12. The van der Waals surface area contributed by atoms with Gasteiger partial charge in [-0.05, 0) is 18.2 Å². The molecule has 2 rings (SSSR count). The van der Waals surface area contributed by atoms with Crippen LogP contribution in [-0.2, 0) is 24.9 Å². The second-order valence-electron chi connectivity index (χ2n) is 4.59. The number of nitrogens with zero attached hydrogens (tertiary/aromatic N) is 3. The molecule has 1 aromatic carbocycles. The van der Waals surface area contributed by atoms with Crippen molar-refractivity contribution in [2.24, 2.45) is 7.05 Å². The van der Waals surface area contributed by atoms with Gasteiger partial charge in [0, 0.05) is 37.3 Å². The molecule has 0 aliphatic rings. The molecule has 7 heteroatoms. The monoisotopic (exact) mass is 354 g/mol. The Balaban J connectivity index is 1.97. The molecule has 0 aliphatic carbocycles. The van der Waals surface area contributed by atoms with E-state index < -0.39 is 0 Å². The zero-order valence-electron chi connectivity index (χ0n) is 12.2. The molecule has 0 radical (unpaired) electrons. The number of aryl methyl sites for hydroxylation is 1. The molecule has 21 heavy (non-hydrogen) atoms. The number of rotatable bonds is 8. The van der Waals surface area contributed by atoms with E-state index in [0.717, 1.165) is 34.6 Å². The van der Waals surface area contributed by atoms with Crippen molar-refractivity contribution in [1.82, 2.24) is 20.3 Å². The minimum Gasteiger partial charge on any atom is -0.487 e. The van der Waals surface area contributed by atoms with Crippen molar-refractivity contribution >= 4 is 15.9 Å². The summed E-state index contributed by atoms with van der Waals surface area (Å²) in [5.74, 6) is 0.841. The van der Waals surface area contributed by atoms with E-state index in [1.54, 1.807) is 11.8 Å². The lowest BCUT2D eigenvalue weighted by molar-refractivity contribution is 0.199. The van der Waals surface area contributed by atoms with E-state index in [2.05, 4.69) is 31.6 Å². The van der Waals surface area contributed by atoms with E-state index in [0.29, 0.717) is 13.2 Å². The second-order valence-corrected chi connectivity index (χ2v) is 5.51. The molecular formula is C14H19BrN4O2. The molecule has 0 aliphatic heterocycles. The topological polar surface area (TPSA) is 61.2 Å². The van der Waals surface area contributed by atoms with Gasteiger partial charge in [-0.1, -0.05) is 21.1 Å². The number of halogens is 1. The third-order valence-corrected chi connectivity index (χ3v) is 3.34. The average molecular weight is 355 g/mol. The lowest BCUT2D eigenvalue weighted by atomic mass is 10.2. The molecule has 0 fully saturated rings. The van der Waals surface area contributed by atoms with Gasteiger partial charge in [0.2, 0.25) is 0 Å². The third-order valence-electron chi connectivity index (χ3n) is 2.85. The van der Waals surface area contributed by atoms with Gasteiger partial charge < -0.3 is 14.8 Å². The Kier molecular flexibility index (Phi) is 6.16. The Morgan fingerprint density at radius 3 is 2.95 bits per heavy atom. The first-order valence-corrected chi connectivity index (χ1v) is 7.44. The number of nitrogens with one attached hydrogen (secondary N) is 1. The molecule has 0 saturated heterocycles. The summed E-state index contributed by atoms with van der Waals surface area (Å²) < 4.78 is 13.5. The van der Waals surface area contributed by atoms with Gasteiger partial charge in [0.1, 0.15) is 18.1 Å². The Morgan fingerprint density at radius 2 is 2.24 bits per heavy atom. The lowest BCUT2D eigenvalue weighted by Crippen LogP contribution is -2.19. The van der Waals surface area contributed by atoms with Crippen molar-refractivity contribution in [3.05, 3.63) is 40.1 Å². The van der Waals surface area contributed by atoms with Crippen LogP contribution in [0.2, 0.25) is 0 Å². The minimum absolute atomic E-state index is 0.403. The fraction of sp³-hybridized carbons (Fsp3) is 0.429. The highest BCUT2D eigenvalue weighted by molar-refractivity contribution is 9.10. The number of methoxy groups -OCH3 is 1. The first kappa shape index (κ1) is 15.9. The molecule has 0 bridgehead atoms. The largest absolute Gasteiger partial charge is 0.487 e. The van der Waals surface area contributed by atoms with Crippen LogP contribution in [0.5, 0.6) is 5.75 Å². The van der Waals surface area contributed by atoms with Crippen molar-refractivity contribution in [2.45, 2.75) is 13.2 Å². The van der Waals surface area contributed by atoms with Crippen LogP contribution in [0, 0.1) is 0 Å². The van der Waals surface area contributed by atoms with E-state index in [1.807, 2.05) is 31.4 Å². The molecule has 0 saturated carbocycles. The maximum Gasteiger partial charge on any atom is 0.134 e. The molecule has 0 amide bonds. The standard InChI is InChI=1S/C14H19BrN4O2/c1-19-9-13(17-18-19)10-21-14-4-3-12(15)7-11(14)8-16-5-6-20-2/h3-4,7,9,16H,5-6,8,10H2,1-2H3.